The molecule has 2 heterocycles. The Morgan fingerprint density at radius 1 is 1.63 bits per heavy atom. The van der Waals surface area contributed by atoms with Gasteiger partial charge in [-0.2, -0.15) is 0 Å². The Morgan fingerprint density at radius 3 is 2.79 bits per heavy atom. The first-order valence-corrected chi connectivity index (χ1v) is 5.19. The molecular weight excluding hydrogens is 319 g/mol. The van der Waals surface area contributed by atoms with Gasteiger partial charge in [-0.15, -0.1) is 0 Å². The minimum Gasteiger partial charge on any atom is -0.437 e. The summed E-state index contributed by atoms with van der Waals surface area (Å²) in [4.78, 5) is 18.5. The van der Waals surface area contributed by atoms with Gasteiger partial charge >= 0.3 is 0 Å². The monoisotopic (exact) mass is 337 g/mol. The largest absolute Gasteiger partial charge is 0.437 e. The fourth-order valence-electron chi connectivity index (χ4n) is 1.50. The second kappa shape index (κ2) is 7.45. The van der Waals surface area contributed by atoms with Gasteiger partial charge in [-0.1, -0.05) is 13.1 Å². The fourth-order valence-corrected chi connectivity index (χ4v) is 1.50. The number of nitrogens with one attached hydrogen (secondary N) is 2. The van der Waals surface area contributed by atoms with E-state index in [0.717, 1.165) is 11.4 Å². The number of anilines is 1. The van der Waals surface area contributed by atoms with Gasteiger partial charge in [0.1, 0.15) is 0 Å². The predicted molar refractivity (Wildman–Crippen MR) is 69.9 cm³/mol. The van der Waals surface area contributed by atoms with Crippen molar-refractivity contribution in [1.82, 2.24) is 19.9 Å². The minimum atomic E-state index is -0.148. The van der Waals surface area contributed by atoms with Gasteiger partial charge in [-0.05, 0) is 19.7 Å². The summed E-state index contributed by atoms with van der Waals surface area (Å²) in [6.45, 7) is 2.26. The van der Waals surface area contributed by atoms with Crippen molar-refractivity contribution < 1.29 is 37.5 Å². The number of aromatic nitrogens is 3. The van der Waals surface area contributed by atoms with Crippen LogP contribution >= 0.6 is 0 Å². The van der Waals surface area contributed by atoms with Crippen molar-refractivity contribution in [2.24, 2.45) is 7.05 Å². The molecule has 0 spiro atoms. The Bertz CT molecular complexity index is 546. The van der Waals surface area contributed by atoms with Crippen molar-refractivity contribution in [3.8, 4) is 0 Å². The Balaban J connectivity index is 0.00000162. The summed E-state index contributed by atoms with van der Waals surface area (Å²) in [7, 11) is 1.83. The van der Waals surface area contributed by atoms with Gasteiger partial charge in [0.15, 0.2) is 11.9 Å². The smallest absolute Gasteiger partial charge is 0.197 e. The Labute approximate surface area is 138 Å². The molecule has 0 unspecified atom stereocenters. The van der Waals surface area contributed by atoms with E-state index in [1.165, 1.54) is 0 Å². The summed E-state index contributed by atoms with van der Waals surface area (Å²) in [5, 5.41) is 2.78. The number of hydrogen-bond acceptors (Lipinski definition) is 3. The molecule has 19 heavy (non-hydrogen) atoms. The number of carbonyl (C=O) groups is 1. The first kappa shape index (κ1) is 17.9. The zero-order valence-electron chi connectivity index (χ0n) is 10.3. The average Bonchev–Trinajstić information content (AvgIpc) is 2.84. The second-order valence-corrected chi connectivity index (χ2v) is 3.79. The molecule has 0 aliphatic carbocycles. The van der Waals surface area contributed by atoms with Crippen LogP contribution in [-0.2, 0) is 46.3 Å². The Morgan fingerprint density at radius 2 is 2.32 bits per heavy atom. The van der Waals surface area contributed by atoms with Gasteiger partial charge in [-0.3, -0.25) is 4.79 Å². The van der Waals surface area contributed by atoms with Crippen LogP contribution < -0.4 is 11.1 Å². The van der Waals surface area contributed by atoms with Crippen molar-refractivity contribution in [2.75, 3.05) is 5.73 Å². The predicted octanol–water partition coefficient (Wildman–Crippen LogP) is 1.00. The molecule has 0 aliphatic rings. The minimum absolute atomic E-state index is 0. The van der Waals surface area contributed by atoms with Crippen molar-refractivity contribution >= 4 is 11.9 Å². The third kappa shape index (κ3) is 4.18. The van der Waals surface area contributed by atoms with E-state index in [1.807, 2.05) is 14.0 Å². The van der Waals surface area contributed by atoms with E-state index in [0.29, 0.717) is 18.2 Å². The standard InChI is InChI=1S/C11H14N5O.CH4.Y/c1-7-3-4-9(16(7)2)10(17)13-5-8-6-14-11(12)15-8;;/h4,6H,5H2,1-2H3,(H,13,17)(H3,12,14,15);1H4;/q-1;;. The molecule has 0 atom stereocenters. The molecule has 0 bridgehead atoms. The van der Waals surface area contributed by atoms with E-state index >= 15 is 0 Å². The van der Waals surface area contributed by atoms with Crippen LogP contribution in [0.3, 0.4) is 0 Å². The number of nitrogens with zero attached hydrogens (tertiary/aromatic N) is 2. The zero-order valence-corrected chi connectivity index (χ0v) is 13.2. The van der Waals surface area contributed by atoms with Crippen molar-refractivity contribution in [3.05, 3.63) is 35.4 Å². The normalized spacial score (nSPS) is 9.37. The van der Waals surface area contributed by atoms with Crippen LogP contribution in [0.5, 0.6) is 0 Å². The zero-order chi connectivity index (χ0) is 12.4. The summed E-state index contributed by atoms with van der Waals surface area (Å²) < 4.78 is 1.79. The molecule has 0 aliphatic heterocycles. The number of nitrogens with two attached hydrogens (primary N) is 1. The molecule has 1 radical (unpaired) electrons. The first-order valence-electron chi connectivity index (χ1n) is 5.19. The molecule has 2 aromatic heterocycles. The van der Waals surface area contributed by atoms with Gasteiger partial charge in [0.05, 0.1) is 18.4 Å². The molecule has 2 rings (SSSR count). The first-order chi connectivity index (χ1) is 8.08. The van der Waals surface area contributed by atoms with Gasteiger partial charge in [-0.25, -0.2) is 17.1 Å². The van der Waals surface area contributed by atoms with Gasteiger partial charge < -0.3 is 20.6 Å². The molecule has 101 valence electrons. The van der Waals surface area contributed by atoms with E-state index in [2.05, 4.69) is 21.4 Å². The third-order valence-electron chi connectivity index (χ3n) is 2.60. The van der Waals surface area contributed by atoms with Crippen LogP contribution in [0.25, 0.3) is 0 Å². The van der Waals surface area contributed by atoms with Gasteiger partial charge in [0.2, 0.25) is 0 Å². The van der Waals surface area contributed by atoms with Crippen LogP contribution in [0.15, 0.2) is 12.3 Å². The van der Waals surface area contributed by atoms with Crippen molar-refractivity contribution in [1.29, 1.82) is 0 Å². The van der Waals surface area contributed by atoms with E-state index in [4.69, 9.17) is 5.73 Å². The number of nitrogen functional groups attached to an aromatic ring is 1. The maximum atomic E-state index is 11.8. The molecule has 0 fully saturated rings. The Hall–Kier alpha value is -1.14. The number of H-pyrrole nitrogens is 1. The van der Waals surface area contributed by atoms with Crippen LogP contribution in [0.2, 0.25) is 0 Å². The number of imidazole rings is 1. The van der Waals surface area contributed by atoms with Crippen LogP contribution in [0, 0.1) is 13.0 Å². The second-order valence-electron chi connectivity index (χ2n) is 3.79. The molecule has 0 aromatic carbocycles. The van der Waals surface area contributed by atoms with Crippen molar-refractivity contribution in [2.45, 2.75) is 20.9 Å². The molecule has 2 aromatic rings. The maximum absolute atomic E-state index is 11.8. The molecule has 6 nitrogen and oxygen atoms in total. The number of rotatable bonds is 3. The molecule has 7 heteroatoms. The van der Waals surface area contributed by atoms with E-state index < -0.39 is 0 Å². The molecule has 1 amide bonds. The summed E-state index contributed by atoms with van der Waals surface area (Å²) in [5.41, 5.74) is 7.70. The SMILES string of the molecule is C.Cc1[c-]cc(C(=O)NCc2cnc(N)[nH]2)n1C.[Y]. The number of carbonyl (C=O) groups excluding carboxylic acids is 1. The number of aryl methyl sites for hydroxylation is 1. The van der Waals surface area contributed by atoms with Gasteiger partial charge in [0, 0.05) is 32.7 Å². The number of aromatic amines is 1. The quantitative estimate of drug-likeness (QED) is 0.730. The van der Waals surface area contributed by atoms with Gasteiger partial charge in [0.25, 0.3) is 0 Å². The summed E-state index contributed by atoms with van der Waals surface area (Å²) >= 11 is 0. The summed E-state index contributed by atoms with van der Waals surface area (Å²) in [5.74, 6) is 0.197. The van der Waals surface area contributed by atoms with E-state index in [9.17, 15) is 4.79 Å². The maximum Gasteiger partial charge on any atom is 0.197 e. The molecular formula is C12H18N5OY-. The fraction of sp³-hybridized carbons (Fsp3) is 0.333. The van der Waals surface area contributed by atoms with E-state index in [1.54, 1.807) is 16.8 Å². The van der Waals surface area contributed by atoms with Crippen LogP contribution in [0.4, 0.5) is 5.95 Å². The number of amides is 1. The molecule has 0 saturated heterocycles. The van der Waals surface area contributed by atoms with Crippen molar-refractivity contribution in [3.63, 3.8) is 0 Å². The van der Waals surface area contributed by atoms with Crippen LogP contribution in [0.1, 0.15) is 29.3 Å². The number of hydrogen-bond donors (Lipinski definition) is 3. The molecule has 0 saturated carbocycles. The van der Waals surface area contributed by atoms with Crippen LogP contribution in [-0.4, -0.2) is 20.4 Å². The van der Waals surface area contributed by atoms with E-state index in [-0.39, 0.29) is 46.0 Å². The summed E-state index contributed by atoms with van der Waals surface area (Å²) in [6.07, 6.45) is 1.60. The average molecular weight is 337 g/mol. The summed E-state index contributed by atoms with van der Waals surface area (Å²) in [6, 6.07) is 4.65. The Kier molecular flexibility index (Phi) is 7.01. The topological polar surface area (TPSA) is 88.7 Å². The molecule has 4 N–H and O–H groups in total. The third-order valence-corrected chi connectivity index (χ3v) is 2.60.